The van der Waals surface area contributed by atoms with E-state index in [9.17, 15) is 9.90 Å². The van der Waals surface area contributed by atoms with E-state index in [-0.39, 0.29) is 0 Å². The van der Waals surface area contributed by atoms with Gasteiger partial charge < -0.3 is 9.67 Å². The molecule has 1 fully saturated rings. The highest BCUT2D eigenvalue weighted by atomic mass is 16.4. The molecule has 1 aliphatic carbocycles. The first-order valence-electron chi connectivity index (χ1n) is 7.25. The Kier molecular flexibility index (Phi) is 3.04. The predicted octanol–water partition coefficient (Wildman–Crippen LogP) is 3.62. The number of para-hydroxylation sites is 1. The Hall–Kier alpha value is -1.84. The Morgan fingerprint density at radius 3 is 2.80 bits per heavy atom. The minimum atomic E-state index is -0.878. The van der Waals surface area contributed by atoms with Gasteiger partial charge in [-0.1, -0.05) is 19.4 Å². The van der Waals surface area contributed by atoms with Gasteiger partial charge in [0.25, 0.3) is 0 Å². The average Bonchev–Trinajstić information content (AvgIpc) is 3.08. The molecule has 1 aromatic carbocycles. The van der Waals surface area contributed by atoms with Crippen LogP contribution in [0.4, 0.5) is 0 Å². The van der Waals surface area contributed by atoms with Gasteiger partial charge in [-0.2, -0.15) is 0 Å². The fourth-order valence-corrected chi connectivity index (χ4v) is 3.20. The molecule has 0 aliphatic heterocycles. The summed E-state index contributed by atoms with van der Waals surface area (Å²) in [5.74, 6) is 0.0353. The molecule has 1 saturated carbocycles. The Morgan fingerprint density at radius 1 is 1.45 bits per heavy atom. The van der Waals surface area contributed by atoms with Crippen molar-refractivity contribution in [3.63, 3.8) is 0 Å². The lowest BCUT2D eigenvalue weighted by molar-refractivity contribution is 0.0698. The van der Waals surface area contributed by atoms with Gasteiger partial charge >= 0.3 is 5.97 Å². The van der Waals surface area contributed by atoms with Crippen LogP contribution in [0.2, 0.25) is 0 Å². The molecule has 0 bridgehead atoms. The first-order valence-corrected chi connectivity index (χ1v) is 7.25. The summed E-state index contributed by atoms with van der Waals surface area (Å²) in [6.45, 7) is 5.07. The van der Waals surface area contributed by atoms with Gasteiger partial charge in [0.1, 0.15) is 5.82 Å². The largest absolute Gasteiger partial charge is 0.478 e. The molecule has 20 heavy (non-hydrogen) atoms. The zero-order valence-corrected chi connectivity index (χ0v) is 12.0. The second-order valence-electron chi connectivity index (χ2n) is 5.97. The summed E-state index contributed by atoms with van der Waals surface area (Å²) in [5, 5.41) is 9.39. The van der Waals surface area contributed by atoms with Gasteiger partial charge in [0.15, 0.2) is 0 Å². The number of hydrogen-bond acceptors (Lipinski definition) is 2. The topological polar surface area (TPSA) is 55.1 Å². The van der Waals surface area contributed by atoms with E-state index in [4.69, 9.17) is 0 Å². The third kappa shape index (κ3) is 2.09. The normalized spacial score (nSPS) is 16.5. The van der Waals surface area contributed by atoms with Crippen molar-refractivity contribution in [2.24, 2.45) is 5.41 Å². The van der Waals surface area contributed by atoms with Gasteiger partial charge in [-0.15, -0.1) is 0 Å². The molecule has 0 spiro atoms. The predicted molar refractivity (Wildman–Crippen MR) is 78.0 cm³/mol. The number of imidazole rings is 1. The second-order valence-corrected chi connectivity index (χ2v) is 5.97. The van der Waals surface area contributed by atoms with Gasteiger partial charge in [-0.3, -0.25) is 0 Å². The van der Waals surface area contributed by atoms with Crippen LogP contribution in [0.15, 0.2) is 18.2 Å². The van der Waals surface area contributed by atoms with E-state index in [1.54, 1.807) is 12.1 Å². The van der Waals surface area contributed by atoms with Crippen LogP contribution >= 0.6 is 0 Å². The smallest absolute Gasteiger partial charge is 0.337 e. The highest BCUT2D eigenvalue weighted by molar-refractivity contribution is 6.01. The molecule has 4 heteroatoms. The standard InChI is InChI=1S/C16H20N2O2/c1-3-7-16(8-9-16)10-18-11(2)17-13-6-4-5-12(14(13)18)15(19)20/h4-6H,3,7-10H2,1-2H3,(H,19,20). The summed E-state index contributed by atoms with van der Waals surface area (Å²) in [4.78, 5) is 16.0. The third-order valence-corrected chi connectivity index (χ3v) is 4.42. The molecule has 1 N–H and O–H groups in total. The number of aromatic nitrogens is 2. The molecule has 3 rings (SSSR count). The summed E-state index contributed by atoms with van der Waals surface area (Å²) < 4.78 is 2.11. The van der Waals surface area contributed by atoms with Crippen LogP contribution in [-0.2, 0) is 6.54 Å². The number of benzene rings is 1. The molecule has 0 saturated heterocycles. The number of aryl methyl sites for hydroxylation is 1. The van der Waals surface area contributed by atoms with Crippen LogP contribution in [-0.4, -0.2) is 20.6 Å². The summed E-state index contributed by atoms with van der Waals surface area (Å²) in [5.41, 5.74) is 2.30. The number of fused-ring (bicyclic) bond motifs is 1. The highest BCUT2D eigenvalue weighted by Crippen LogP contribution is 2.51. The quantitative estimate of drug-likeness (QED) is 0.904. The average molecular weight is 272 g/mol. The first-order chi connectivity index (χ1) is 9.56. The molecule has 1 heterocycles. The number of hydrogen-bond donors (Lipinski definition) is 1. The zero-order valence-electron chi connectivity index (χ0n) is 12.0. The summed E-state index contributed by atoms with van der Waals surface area (Å²) in [6.07, 6.45) is 4.88. The Balaban J connectivity index is 2.10. The van der Waals surface area contributed by atoms with Crippen molar-refractivity contribution in [1.29, 1.82) is 0 Å². The van der Waals surface area contributed by atoms with Gasteiger partial charge in [-0.05, 0) is 43.7 Å². The molecule has 0 radical (unpaired) electrons. The first kappa shape index (κ1) is 13.2. The molecule has 0 amide bonds. The van der Waals surface area contributed by atoms with Gasteiger partial charge in [-0.25, -0.2) is 9.78 Å². The number of carbonyl (C=O) groups is 1. The Bertz CT molecular complexity index is 668. The molecular formula is C16H20N2O2. The maximum absolute atomic E-state index is 11.4. The minimum Gasteiger partial charge on any atom is -0.478 e. The molecular weight excluding hydrogens is 252 g/mol. The van der Waals surface area contributed by atoms with Gasteiger partial charge in [0.2, 0.25) is 0 Å². The molecule has 0 atom stereocenters. The van der Waals surface area contributed by atoms with Crippen molar-refractivity contribution >= 4 is 17.0 Å². The molecule has 4 nitrogen and oxygen atoms in total. The minimum absolute atomic E-state index is 0.357. The lowest BCUT2D eigenvalue weighted by Crippen LogP contribution is -2.14. The van der Waals surface area contributed by atoms with E-state index in [1.807, 2.05) is 13.0 Å². The van der Waals surface area contributed by atoms with Crippen LogP contribution in [0.5, 0.6) is 0 Å². The van der Waals surface area contributed by atoms with Crippen LogP contribution < -0.4 is 0 Å². The van der Waals surface area contributed by atoms with Crippen LogP contribution in [0, 0.1) is 12.3 Å². The highest BCUT2D eigenvalue weighted by Gasteiger charge is 2.42. The summed E-state index contributed by atoms with van der Waals surface area (Å²) >= 11 is 0. The van der Waals surface area contributed by atoms with Crippen LogP contribution in [0.3, 0.4) is 0 Å². The lowest BCUT2D eigenvalue weighted by atomic mass is 10.0. The zero-order chi connectivity index (χ0) is 14.3. The lowest BCUT2D eigenvalue weighted by Gasteiger charge is -2.17. The number of aromatic carboxylic acids is 1. The summed E-state index contributed by atoms with van der Waals surface area (Å²) in [6, 6.07) is 5.33. The number of rotatable bonds is 5. The Morgan fingerprint density at radius 2 is 2.20 bits per heavy atom. The fourth-order valence-electron chi connectivity index (χ4n) is 3.20. The van der Waals surface area contributed by atoms with Crippen molar-refractivity contribution in [2.45, 2.75) is 46.1 Å². The van der Waals surface area contributed by atoms with Crippen molar-refractivity contribution in [3.8, 4) is 0 Å². The van der Waals surface area contributed by atoms with Crippen molar-refractivity contribution < 1.29 is 9.90 Å². The van der Waals surface area contributed by atoms with E-state index >= 15 is 0 Å². The van der Waals surface area contributed by atoms with E-state index in [2.05, 4.69) is 16.5 Å². The number of nitrogens with zero attached hydrogens (tertiary/aromatic N) is 2. The monoisotopic (exact) mass is 272 g/mol. The maximum atomic E-state index is 11.4. The van der Waals surface area contributed by atoms with Crippen molar-refractivity contribution in [1.82, 2.24) is 9.55 Å². The van der Waals surface area contributed by atoms with Gasteiger partial charge in [0.05, 0.1) is 16.6 Å². The maximum Gasteiger partial charge on any atom is 0.337 e. The number of carboxylic acids is 1. The van der Waals surface area contributed by atoms with Crippen LogP contribution in [0.1, 0.15) is 48.8 Å². The van der Waals surface area contributed by atoms with E-state index in [0.717, 1.165) is 23.4 Å². The molecule has 1 aliphatic rings. The molecule has 2 aromatic rings. The van der Waals surface area contributed by atoms with E-state index < -0.39 is 5.97 Å². The number of carboxylic acid groups (broad SMARTS) is 1. The van der Waals surface area contributed by atoms with Crippen molar-refractivity contribution in [2.75, 3.05) is 0 Å². The second kappa shape index (κ2) is 4.62. The molecule has 1 aromatic heterocycles. The van der Waals surface area contributed by atoms with Crippen LogP contribution in [0.25, 0.3) is 11.0 Å². The third-order valence-electron chi connectivity index (χ3n) is 4.42. The van der Waals surface area contributed by atoms with Crippen molar-refractivity contribution in [3.05, 3.63) is 29.6 Å². The summed E-state index contributed by atoms with van der Waals surface area (Å²) in [7, 11) is 0. The van der Waals surface area contributed by atoms with E-state index in [0.29, 0.717) is 11.0 Å². The Labute approximate surface area is 118 Å². The van der Waals surface area contributed by atoms with Gasteiger partial charge in [0, 0.05) is 6.54 Å². The molecule has 0 unspecified atom stereocenters. The fraction of sp³-hybridized carbons (Fsp3) is 0.500. The SMILES string of the molecule is CCCC1(Cn2c(C)nc3cccc(C(=O)O)c32)CC1. The van der Waals surface area contributed by atoms with E-state index in [1.165, 1.54) is 25.7 Å². The molecule has 106 valence electrons.